The Hall–Kier alpha value is -0.820. The van der Waals surface area contributed by atoms with E-state index in [2.05, 4.69) is 4.72 Å². The Morgan fingerprint density at radius 1 is 1.33 bits per heavy atom. The number of sulfonamides is 1. The van der Waals surface area contributed by atoms with Crippen LogP contribution in [-0.4, -0.2) is 35.8 Å². The summed E-state index contributed by atoms with van der Waals surface area (Å²) in [4.78, 5) is 0.0826. The average molecular weight is 294 g/mol. The second-order valence-electron chi connectivity index (χ2n) is 3.51. The van der Waals surface area contributed by atoms with E-state index in [1.54, 1.807) is 12.1 Å². The zero-order valence-corrected chi connectivity index (χ0v) is 11.8. The number of benzene rings is 1. The standard InChI is InChI=1S/C11H16ClNO4S/c1-16-6-5-13-18(14,15)11-7-9(8-12)3-4-10(11)17-2/h3-4,7,13H,5-6,8H2,1-2H3. The molecular weight excluding hydrogens is 278 g/mol. The van der Waals surface area contributed by atoms with Crippen molar-refractivity contribution in [2.75, 3.05) is 27.4 Å². The average Bonchev–Trinajstić information content (AvgIpc) is 2.38. The minimum atomic E-state index is -3.62. The Balaban J connectivity index is 3.05. The van der Waals surface area contributed by atoms with Crippen LogP contribution in [0, 0.1) is 0 Å². The fourth-order valence-electron chi connectivity index (χ4n) is 1.37. The van der Waals surface area contributed by atoms with Crippen LogP contribution in [0.2, 0.25) is 0 Å². The molecule has 0 aliphatic rings. The third kappa shape index (κ3) is 3.84. The van der Waals surface area contributed by atoms with Gasteiger partial charge in [-0.05, 0) is 17.7 Å². The molecule has 0 radical (unpaired) electrons. The highest BCUT2D eigenvalue weighted by Gasteiger charge is 2.19. The van der Waals surface area contributed by atoms with Gasteiger partial charge in [0.1, 0.15) is 10.6 Å². The second-order valence-corrected chi connectivity index (χ2v) is 5.51. The third-order valence-corrected chi connectivity index (χ3v) is 4.06. The van der Waals surface area contributed by atoms with E-state index in [0.29, 0.717) is 12.2 Å². The van der Waals surface area contributed by atoms with E-state index in [-0.39, 0.29) is 23.1 Å². The highest BCUT2D eigenvalue weighted by molar-refractivity contribution is 7.89. The lowest BCUT2D eigenvalue weighted by atomic mass is 10.2. The van der Waals surface area contributed by atoms with Gasteiger partial charge >= 0.3 is 0 Å². The van der Waals surface area contributed by atoms with Crippen LogP contribution in [0.5, 0.6) is 5.75 Å². The number of ether oxygens (including phenoxy) is 2. The van der Waals surface area contributed by atoms with Crippen molar-refractivity contribution in [1.82, 2.24) is 4.72 Å². The van der Waals surface area contributed by atoms with E-state index in [1.165, 1.54) is 20.3 Å². The summed E-state index contributed by atoms with van der Waals surface area (Å²) in [7, 11) is -0.698. The summed E-state index contributed by atoms with van der Waals surface area (Å²) >= 11 is 5.70. The van der Waals surface area contributed by atoms with Crippen LogP contribution >= 0.6 is 11.6 Å². The number of halogens is 1. The molecule has 1 rings (SSSR count). The maximum absolute atomic E-state index is 12.1. The number of nitrogens with one attached hydrogen (secondary N) is 1. The molecule has 1 aromatic rings. The predicted molar refractivity (Wildman–Crippen MR) is 69.6 cm³/mol. The molecule has 0 unspecified atom stereocenters. The molecule has 0 atom stereocenters. The monoisotopic (exact) mass is 293 g/mol. The molecule has 0 saturated heterocycles. The molecule has 0 saturated carbocycles. The SMILES string of the molecule is COCCNS(=O)(=O)c1cc(CCl)ccc1OC. The summed E-state index contributed by atoms with van der Waals surface area (Å²) < 4.78 is 36.4. The van der Waals surface area contributed by atoms with Crippen LogP contribution < -0.4 is 9.46 Å². The summed E-state index contributed by atoms with van der Waals surface area (Å²) in [6.45, 7) is 0.504. The van der Waals surface area contributed by atoms with Crippen molar-refractivity contribution in [3.05, 3.63) is 23.8 Å². The van der Waals surface area contributed by atoms with Crippen LogP contribution in [0.15, 0.2) is 23.1 Å². The van der Waals surface area contributed by atoms with Crippen LogP contribution in [-0.2, 0) is 20.6 Å². The Bertz CT molecular complexity index is 490. The zero-order chi connectivity index (χ0) is 13.6. The fourth-order valence-corrected chi connectivity index (χ4v) is 2.77. The molecule has 1 aromatic carbocycles. The quantitative estimate of drug-likeness (QED) is 0.609. The van der Waals surface area contributed by atoms with Crippen molar-refractivity contribution in [2.45, 2.75) is 10.8 Å². The smallest absolute Gasteiger partial charge is 0.244 e. The number of hydrogen-bond donors (Lipinski definition) is 1. The summed E-state index contributed by atoms with van der Waals surface area (Å²) in [5, 5.41) is 0. The number of methoxy groups -OCH3 is 2. The summed E-state index contributed by atoms with van der Waals surface area (Å²) in [6.07, 6.45) is 0. The molecular formula is C11H16ClNO4S. The Kier molecular flexibility index (Phi) is 5.87. The first kappa shape index (κ1) is 15.2. The number of hydrogen-bond acceptors (Lipinski definition) is 4. The predicted octanol–water partition coefficient (Wildman–Crippen LogP) is 1.36. The van der Waals surface area contributed by atoms with Gasteiger partial charge in [0.25, 0.3) is 0 Å². The van der Waals surface area contributed by atoms with E-state index >= 15 is 0 Å². The minimum Gasteiger partial charge on any atom is -0.495 e. The third-order valence-electron chi connectivity index (χ3n) is 2.27. The van der Waals surface area contributed by atoms with Gasteiger partial charge in [0.2, 0.25) is 10.0 Å². The first-order valence-corrected chi connectivity index (χ1v) is 7.28. The van der Waals surface area contributed by atoms with E-state index in [1.807, 2.05) is 0 Å². The molecule has 0 fully saturated rings. The maximum atomic E-state index is 12.1. The number of alkyl halides is 1. The van der Waals surface area contributed by atoms with Gasteiger partial charge in [-0.3, -0.25) is 0 Å². The molecule has 0 bridgehead atoms. The lowest BCUT2D eigenvalue weighted by Gasteiger charge is -2.11. The number of rotatable bonds is 7. The fraction of sp³-hybridized carbons (Fsp3) is 0.455. The van der Waals surface area contributed by atoms with Gasteiger partial charge in [-0.15, -0.1) is 11.6 Å². The van der Waals surface area contributed by atoms with Crippen molar-refractivity contribution in [3.8, 4) is 5.75 Å². The van der Waals surface area contributed by atoms with Gasteiger partial charge in [-0.25, -0.2) is 13.1 Å². The topological polar surface area (TPSA) is 64.6 Å². The molecule has 0 aliphatic carbocycles. The Morgan fingerprint density at radius 3 is 2.61 bits per heavy atom. The lowest BCUT2D eigenvalue weighted by Crippen LogP contribution is -2.27. The van der Waals surface area contributed by atoms with Crippen LogP contribution in [0.1, 0.15) is 5.56 Å². The minimum absolute atomic E-state index is 0.0826. The zero-order valence-electron chi connectivity index (χ0n) is 10.3. The van der Waals surface area contributed by atoms with E-state index < -0.39 is 10.0 Å². The van der Waals surface area contributed by atoms with Gasteiger partial charge in [0, 0.05) is 19.5 Å². The molecule has 0 aromatic heterocycles. The molecule has 0 aliphatic heterocycles. The van der Waals surface area contributed by atoms with Crippen molar-refractivity contribution < 1.29 is 17.9 Å². The molecule has 7 heteroatoms. The molecule has 0 amide bonds. The molecule has 0 spiro atoms. The van der Waals surface area contributed by atoms with Gasteiger partial charge < -0.3 is 9.47 Å². The lowest BCUT2D eigenvalue weighted by molar-refractivity contribution is 0.204. The normalized spacial score (nSPS) is 11.5. The molecule has 5 nitrogen and oxygen atoms in total. The van der Waals surface area contributed by atoms with E-state index in [4.69, 9.17) is 21.1 Å². The van der Waals surface area contributed by atoms with Gasteiger partial charge in [0.05, 0.1) is 13.7 Å². The van der Waals surface area contributed by atoms with Gasteiger partial charge in [0.15, 0.2) is 0 Å². The van der Waals surface area contributed by atoms with Crippen LogP contribution in [0.4, 0.5) is 0 Å². The van der Waals surface area contributed by atoms with Gasteiger partial charge in [-0.1, -0.05) is 6.07 Å². The molecule has 102 valence electrons. The van der Waals surface area contributed by atoms with Crippen molar-refractivity contribution in [1.29, 1.82) is 0 Å². The van der Waals surface area contributed by atoms with Crippen molar-refractivity contribution >= 4 is 21.6 Å². The van der Waals surface area contributed by atoms with Crippen LogP contribution in [0.25, 0.3) is 0 Å². The largest absolute Gasteiger partial charge is 0.495 e. The van der Waals surface area contributed by atoms with E-state index in [0.717, 1.165) is 0 Å². The molecule has 18 heavy (non-hydrogen) atoms. The summed E-state index contributed by atoms with van der Waals surface area (Å²) in [5.41, 5.74) is 0.713. The van der Waals surface area contributed by atoms with Gasteiger partial charge in [-0.2, -0.15) is 0 Å². The maximum Gasteiger partial charge on any atom is 0.244 e. The highest BCUT2D eigenvalue weighted by Crippen LogP contribution is 2.25. The van der Waals surface area contributed by atoms with Crippen LogP contribution in [0.3, 0.4) is 0 Å². The summed E-state index contributed by atoms with van der Waals surface area (Å²) in [6, 6.07) is 4.81. The summed E-state index contributed by atoms with van der Waals surface area (Å²) in [5.74, 6) is 0.527. The molecule has 0 heterocycles. The second kappa shape index (κ2) is 6.94. The van der Waals surface area contributed by atoms with Crippen molar-refractivity contribution in [2.24, 2.45) is 0 Å². The Labute approximate surface area is 112 Å². The first-order valence-electron chi connectivity index (χ1n) is 5.26. The first-order chi connectivity index (χ1) is 8.55. The molecule has 1 N–H and O–H groups in total. The van der Waals surface area contributed by atoms with E-state index in [9.17, 15) is 8.42 Å². The Morgan fingerprint density at radius 2 is 2.06 bits per heavy atom. The highest BCUT2D eigenvalue weighted by atomic mass is 35.5. The van der Waals surface area contributed by atoms with Crippen molar-refractivity contribution in [3.63, 3.8) is 0 Å².